The van der Waals surface area contributed by atoms with E-state index in [1.54, 1.807) is 30.1 Å². The van der Waals surface area contributed by atoms with Crippen LogP contribution in [0.2, 0.25) is 0 Å². The lowest BCUT2D eigenvalue weighted by Crippen LogP contribution is -2.20. The Bertz CT molecular complexity index is 794. The lowest BCUT2D eigenvalue weighted by atomic mass is 10.1. The number of methoxy groups -OCH3 is 1. The molecule has 0 atom stereocenters. The van der Waals surface area contributed by atoms with Crippen LogP contribution in [0.15, 0.2) is 59.7 Å². The molecule has 4 nitrogen and oxygen atoms in total. The van der Waals surface area contributed by atoms with Gasteiger partial charge in [0.2, 0.25) is 0 Å². The van der Waals surface area contributed by atoms with Crippen LogP contribution in [0.3, 0.4) is 0 Å². The molecule has 0 bridgehead atoms. The first-order chi connectivity index (χ1) is 9.78. The molecule has 0 fully saturated rings. The molecule has 0 amide bonds. The van der Waals surface area contributed by atoms with Crippen molar-refractivity contribution in [1.29, 1.82) is 0 Å². The highest BCUT2D eigenvalue weighted by atomic mass is 16.5. The van der Waals surface area contributed by atoms with Gasteiger partial charge in [0, 0.05) is 12.4 Å². The van der Waals surface area contributed by atoms with Crippen molar-refractivity contribution in [3.63, 3.8) is 0 Å². The molecule has 2 heterocycles. The quantitative estimate of drug-likeness (QED) is 0.731. The second-order valence-corrected chi connectivity index (χ2v) is 4.52. The number of benzene rings is 1. The summed E-state index contributed by atoms with van der Waals surface area (Å²) < 4.78 is 6.83. The summed E-state index contributed by atoms with van der Waals surface area (Å²) in [5.41, 5.74) is 0.823. The van der Waals surface area contributed by atoms with E-state index < -0.39 is 0 Å². The van der Waals surface area contributed by atoms with E-state index in [1.807, 2.05) is 36.4 Å². The molecule has 0 aliphatic rings. The molecule has 4 heteroatoms. The first-order valence-corrected chi connectivity index (χ1v) is 6.35. The maximum absolute atomic E-state index is 12.5. The third-order valence-electron chi connectivity index (χ3n) is 3.24. The smallest absolute Gasteiger partial charge is 0.258 e. The predicted molar refractivity (Wildman–Crippen MR) is 78.1 cm³/mol. The molecule has 20 heavy (non-hydrogen) atoms. The van der Waals surface area contributed by atoms with Crippen LogP contribution in [-0.2, 0) is 6.54 Å². The van der Waals surface area contributed by atoms with Crippen LogP contribution < -0.4 is 10.3 Å². The van der Waals surface area contributed by atoms with Gasteiger partial charge in [0.05, 0.1) is 24.7 Å². The maximum Gasteiger partial charge on any atom is 0.258 e. The largest absolute Gasteiger partial charge is 0.497 e. The number of pyridine rings is 2. The number of hydrogen-bond donors (Lipinski definition) is 0. The Morgan fingerprint density at radius 3 is 2.85 bits per heavy atom. The molecule has 100 valence electrons. The van der Waals surface area contributed by atoms with E-state index in [-0.39, 0.29) is 5.56 Å². The predicted octanol–water partition coefficient (Wildman–Crippen LogP) is 2.45. The Morgan fingerprint density at radius 2 is 2.10 bits per heavy atom. The molecule has 0 spiro atoms. The molecule has 3 rings (SSSR count). The summed E-state index contributed by atoms with van der Waals surface area (Å²) >= 11 is 0. The number of aromatic nitrogens is 2. The van der Waals surface area contributed by atoms with Gasteiger partial charge < -0.3 is 9.30 Å². The van der Waals surface area contributed by atoms with E-state index in [2.05, 4.69) is 4.98 Å². The second kappa shape index (κ2) is 5.17. The molecule has 2 aromatic heterocycles. The van der Waals surface area contributed by atoms with Crippen LogP contribution in [0.5, 0.6) is 5.75 Å². The van der Waals surface area contributed by atoms with Crippen molar-refractivity contribution in [2.24, 2.45) is 0 Å². The lowest BCUT2D eigenvalue weighted by molar-refractivity contribution is 0.415. The molecule has 0 saturated carbocycles. The molecule has 0 saturated heterocycles. The van der Waals surface area contributed by atoms with Crippen LogP contribution in [0.25, 0.3) is 10.8 Å². The van der Waals surface area contributed by atoms with Gasteiger partial charge in [-0.25, -0.2) is 0 Å². The van der Waals surface area contributed by atoms with Gasteiger partial charge in [-0.15, -0.1) is 0 Å². The van der Waals surface area contributed by atoms with Crippen molar-refractivity contribution < 1.29 is 4.74 Å². The molecule has 0 N–H and O–H groups in total. The summed E-state index contributed by atoms with van der Waals surface area (Å²) in [5, 5.41) is 1.57. The van der Waals surface area contributed by atoms with E-state index in [1.165, 1.54) is 0 Å². The molecule has 0 unspecified atom stereocenters. The lowest BCUT2D eigenvalue weighted by Gasteiger charge is -2.07. The highest BCUT2D eigenvalue weighted by Crippen LogP contribution is 2.17. The van der Waals surface area contributed by atoms with E-state index in [9.17, 15) is 4.79 Å². The van der Waals surface area contributed by atoms with E-state index in [4.69, 9.17) is 4.74 Å². The standard InChI is InChI=1S/C16H14N2O2/c1-20-14-6-5-12-7-9-18(16(19)15(12)10-14)11-13-4-2-3-8-17-13/h2-10H,11H2,1H3. The first-order valence-electron chi connectivity index (χ1n) is 6.35. The van der Waals surface area contributed by atoms with E-state index >= 15 is 0 Å². The van der Waals surface area contributed by atoms with Gasteiger partial charge in [0.15, 0.2) is 0 Å². The van der Waals surface area contributed by atoms with Crippen LogP contribution in [0, 0.1) is 0 Å². The van der Waals surface area contributed by atoms with Gasteiger partial charge in [-0.2, -0.15) is 0 Å². The number of ether oxygens (including phenoxy) is 1. The number of hydrogen-bond acceptors (Lipinski definition) is 3. The summed E-state index contributed by atoms with van der Waals surface area (Å²) in [4.78, 5) is 16.7. The Balaban J connectivity index is 2.08. The molecule has 0 aliphatic carbocycles. The van der Waals surface area contributed by atoms with Crippen molar-refractivity contribution >= 4 is 10.8 Å². The summed E-state index contributed by atoms with van der Waals surface area (Å²) in [6, 6.07) is 13.1. The molecular formula is C16H14N2O2. The molecule has 1 aromatic carbocycles. The summed E-state index contributed by atoms with van der Waals surface area (Å²) in [6.45, 7) is 0.465. The van der Waals surface area contributed by atoms with Crippen LogP contribution in [0.1, 0.15) is 5.69 Å². The zero-order chi connectivity index (χ0) is 13.9. The molecular weight excluding hydrogens is 252 g/mol. The second-order valence-electron chi connectivity index (χ2n) is 4.52. The van der Waals surface area contributed by atoms with Gasteiger partial charge >= 0.3 is 0 Å². The summed E-state index contributed by atoms with van der Waals surface area (Å²) in [7, 11) is 1.59. The Hall–Kier alpha value is -2.62. The number of fused-ring (bicyclic) bond motifs is 1. The topological polar surface area (TPSA) is 44.1 Å². The summed E-state index contributed by atoms with van der Waals surface area (Å²) in [5.74, 6) is 0.685. The fraction of sp³-hybridized carbons (Fsp3) is 0.125. The normalized spacial score (nSPS) is 10.7. The van der Waals surface area contributed by atoms with Crippen molar-refractivity contribution in [2.45, 2.75) is 6.54 Å². The van der Waals surface area contributed by atoms with E-state index in [0.29, 0.717) is 17.7 Å². The minimum absolute atomic E-state index is 0.0351. The maximum atomic E-state index is 12.5. The van der Waals surface area contributed by atoms with Gasteiger partial charge in [-0.3, -0.25) is 9.78 Å². The van der Waals surface area contributed by atoms with Crippen molar-refractivity contribution in [2.75, 3.05) is 7.11 Å². The van der Waals surface area contributed by atoms with Gasteiger partial charge in [-0.1, -0.05) is 12.1 Å². The molecule has 3 aromatic rings. The minimum Gasteiger partial charge on any atom is -0.497 e. The van der Waals surface area contributed by atoms with Gasteiger partial charge in [0.25, 0.3) is 5.56 Å². The van der Waals surface area contributed by atoms with Crippen LogP contribution >= 0.6 is 0 Å². The molecule has 0 radical (unpaired) electrons. The highest BCUT2D eigenvalue weighted by molar-refractivity contribution is 5.82. The number of nitrogens with zero attached hydrogens (tertiary/aromatic N) is 2. The highest BCUT2D eigenvalue weighted by Gasteiger charge is 2.05. The zero-order valence-electron chi connectivity index (χ0n) is 11.1. The third kappa shape index (κ3) is 2.28. The van der Waals surface area contributed by atoms with Gasteiger partial charge in [-0.05, 0) is 35.7 Å². The molecule has 0 aliphatic heterocycles. The summed E-state index contributed by atoms with van der Waals surface area (Å²) in [6.07, 6.45) is 3.52. The van der Waals surface area contributed by atoms with Crippen LogP contribution in [-0.4, -0.2) is 16.7 Å². The van der Waals surface area contributed by atoms with Crippen LogP contribution in [0.4, 0.5) is 0 Å². The average molecular weight is 266 g/mol. The zero-order valence-corrected chi connectivity index (χ0v) is 11.1. The van der Waals surface area contributed by atoms with E-state index in [0.717, 1.165) is 11.1 Å². The SMILES string of the molecule is COc1ccc2ccn(Cc3ccccn3)c(=O)c2c1. The van der Waals surface area contributed by atoms with Gasteiger partial charge in [0.1, 0.15) is 5.75 Å². The fourth-order valence-electron chi connectivity index (χ4n) is 2.18. The number of rotatable bonds is 3. The third-order valence-corrected chi connectivity index (χ3v) is 3.24. The minimum atomic E-state index is -0.0351. The van der Waals surface area contributed by atoms with Crippen molar-refractivity contribution in [1.82, 2.24) is 9.55 Å². The average Bonchev–Trinajstić information content (AvgIpc) is 2.51. The Morgan fingerprint density at radius 1 is 1.20 bits per heavy atom. The Labute approximate surface area is 116 Å². The monoisotopic (exact) mass is 266 g/mol. The van der Waals surface area contributed by atoms with Crippen molar-refractivity contribution in [3.05, 3.63) is 70.9 Å². The first kappa shape index (κ1) is 12.4. The van der Waals surface area contributed by atoms with Crippen molar-refractivity contribution in [3.8, 4) is 5.75 Å². The Kier molecular flexibility index (Phi) is 3.21. The fourth-order valence-corrected chi connectivity index (χ4v) is 2.18.